The highest BCUT2D eigenvalue weighted by Gasteiger charge is 2.37. The normalized spacial score (nSPS) is 15.2. The SMILES string of the molecule is CC(=O)N[C@@H](CS)C(=O)N[C@H](C(=O)N[C@@H](CC(C)C)C(=O)N[C@@H](CCC(=O)O)C(=O)NCC(=O)N[C@@H](CC(N)=O)C(=O)N[C@@H](CCCCN)C(=O)N[C@@H](Cc1c[nH]c2ccccc12)C(=O)N[C@H](C(=O)N[C@@H](CS)C(N)=O)[C@@H](C)O)[C@@H](C)O. The maximum absolute atomic E-state index is 14.3. The zero-order chi connectivity index (χ0) is 62.0. The topological polar surface area (TPSA) is 497 Å². The van der Waals surface area contributed by atoms with E-state index in [2.05, 4.69) is 83.4 Å². The van der Waals surface area contributed by atoms with Gasteiger partial charge in [-0.3, -0.25) is 62.3 Å². The molecular formula is C50H78N14O16S2. The lowest BCUT2D eigenvalue weighted by Gasteiger charge is -2.28. The molecule has 32 heteroatoms. The van der Waals surface area contributed by atoms with Crippen LogP contribution in [0.5, 0.6) is 0 Å². The molecule has 0 spiro atoms. The Bertz CT molecular complexity index is 2590. The molecule has 20 N–H and O–H groups in total. The molecule has 11 atom stereocenters. The van der Waals surface area contributed by atoms with Crippen molar-refractivity contribution in [1.82, 2.24) is 58.2 Å². The maximum atomic E-state index is 14.3. The fourth-order valence-electron chi connectivity index (χ4n) is 7.98. The molecule has 30 nitrogen and oxygen atoms in total. The summed E-state index contributed by atoms with van der Waals surface area (Å²) < 4.78 is 0. The number of para-hydroxylation sites is 1. The largest absolute Gasteiger partial charge is 0.481 e. The molecule has 12 amide bonds. The van der Waals surface area contributed by atoms with Crippen molar-refractivity contribution in [2.75, 3.05) is 24.6 Å². The Morgan fingerprint density at radius 1 is 0.585 bits per heavy atom. The molecule has 82 heavy (non-hydrogen) atoms. The van der Waals surface area contributed by atoms with Crippen molar-refractivity contribution >= 4 is 113 Å². The number of amides is 12. The van der Waals surface area contributed by atoms with E-state index in [4.69, 9.17) is 17.2 Å². The molecule has 0 unspecified atom stereocenters. The minimum absolute atomic E-state index is 0.0819. The highest BCUT2D eigenvalue weighted by atomic mass is 32.1. The van der Waals surface area contributed by atoms with E-state index in [9.17, 15) is 77.6 Å². The lowest BCUT2D eigenvalue weighted by Crippen LogP contribution is -2.61. The van der Waals surface area contributed by atoms with Gasteiger partial charge in [0.25, 0.3) is 0 Å². The number of aliphatic hydroxyl groups is 2. The molecule has 2 rings (SSSR count). The van der Waals surface area contributed by atoms with Crippen molar-refractivity contribution in [2.45, 2.75) is 153 Å². The second-order valence-corrected chi connectivity index (χ2v) is 20.4. The molecule has 1 heterocycles. The van der Waals surface area contributed by atoms with Crippen molar-refractivity contribution in [3.8, 4) is 0 Å². The third kappa shape index (κ3) is 24.3. The number of nitrogens with two attached hydrogens (primary N) is 3. The number of aliphatic hydroxyl groups excluding tert-OH is 2. The van der Waals surface area contributed by atoms with E-state index in [1.165, 1.54) is 13.8 Å². The number of fused-ring (bicyclic) bond motifs is 1. The third-order valence-corrected chi connectivity index (χ3v) is 13.0. The number of H-pyrrole nitrogens is 1. The van der Waals surface area contributed by atoms with E-state index in [1.54, 1.807) is 44.3 Å². The first-order valence-corrected chi connectivity index (χ1v) is 27.4. The summed E-state index contributed by atoms with van der Waals surface area (Å²) >= 11 is 8.04. The quantitative estimate of drug-likeness (QED) is 0.0221. The van der Waals surface area contributed by atoms with E-state index in [-0.39, 0.29) is 49.7 Å². The van der Waals surface area contributed by atoms with Crippen LogP contribution < -0.4 is 70.4 Å². The lowest BCUT2D eigenvalue weighted by atomic mass is 10.0. The van der Waals surface area contributed by atoms with Crippen LogP contribution >= 0.6 is 25.3 Å². The first-order chi connectivity index (χ1) is 38.5. The standard InChI is InChI=1S/C50H78N14O16S2/c1-23(2)16-32(61-49(79)40(24(3)65)64-48(78)36(22-82)56-26(5)67)45(75)59-31(13-14-39(70)71)43(73)55-20-38(69)57-34(18-37(52)68)46(76)58-30(12-8-9-15-51)44(74)60-33(17-27-19-54-29-11-7-6-10-28(27)29)47(77)63-41(25(4)66)50(80)62-35(21-81)42(53)72/h6-7,10-11,19,23-25,30-36,40-41,54,65-66,81-82H,8-9,12-18,20-22,51H2,1-5H3,(H2,52,68)(H2,53,72)(H,55,73)(H,56,67)(H,57,69)(H,58,76)(H,59,75)(H,60,74)(H,61,79)(H,62,80)(H,63,77)(H,64,78)(H,70,71)/t24-,25-,30+,31+,32+,33+,34+,35+,36+,40+,41+/m1/s1. The lowest BCUT2D eigenvalue weighted by molar-refractivity contribution is -0.138. The summed E-state index contributed by atoms with van der Waals surface area (Å²) in [5.41, 5.74) is 17.7. The molecule has 1 aromatic heterocycles. The molecule has 0 saturated carbocycles. The molecule has 0 radical (unpaired) electrons. The first-order valence-electron chi connectivity index (χ1n) is 26.1. The number of carbonyl (C=O) groups excluding carboxylic acids is 12. The van der Waals surface area contributed by atoms with Crippen LogP contribution in [0.2, 0.25) is 0 Å². The first kappa shape index (κ1) is 70.6. The number of carboxylic acid groups (broad SMARTS) is 1. The Labute approximate surface area is 483 Å². The zero-order valence-electron chi connectivity index (χ0n) is 46.1. The number of nitrogens with one attached hydrogen (secondary N) is 11. The molecule has 2 aromatic rings. The smallest absolute Gasteiger partial charge is 0.303 e. The summed E-state index contributed by atoms with van der Waals surface area (Å²) in [4.78, 5) is 173. The molecule has 1 aromatic carbocycles. The van der Waals surface area contributed by atoms with Crippen LogP contribution in [0.15, 0.2) is 30.5 Å². The number of carbonyl (C=O) groups is 13. The Morgan fingerprint density at radius 3 is 1.60 bits per heavy atom. The Morgan fingerprint density at radius 2 is 1.09 bits per heavy atom. The summed E-state index contributed by atoms with van der Waals surface area (Å²) in [5.74, 6) is -14.0. The van der Waals surface area contributed by atoms with Gasteiger partial charge in [-0.15, -0.1) is 0 Å². The van der Waals surface area contributed by atoms with Crippen molar-refractivity contribution in [3.05, 3.63) is 36.0 Å². The average molecular weight is 1200 g/mol. The van der Waals surface area contributed by atoms with Gasteiger partial charge in [-0.05, 0) is 70.0 Å². The number of thiol groups is 2. The number of primary amides is 2. The molecule has 0 aliphatic rings. The fraction of sp³-hybridized carbons (Fsp3) is 0.580. The van der Waals surface area contributed by atoms with Crippen molar-refractivity contribution in [3.63, 3.8) is 0 Å². The monoisotopic (exact) mass is 1190 g/mol. The number of benzene rings is 1. The van der Waals surface area contributed by atoms with Gasteiger partial charge in [-0.25, -0.2) is 0 Å². The van der Waals surface area contributed by atoms with Gasteiger partial charge in [0.15, 0.2) is 0 Å². The van der Waals surface area contributed by atoms with E-state index in [1.807, 2.05) is 0 Å². The highest BCUT2D eigenvalue weighted by Crippen LogP contribution is 2.20. The van der Waals surface area contributed by atoms with Crippen LogP contribution in [0.1, 0.15) is 85.1 Å². The van der Waals surface area contributed by atoms with Crippen molar-refractivity contribution < 1.29 is 77.6 Å². The molecule has 0 fully saturated rings. The number of aliphatic carboxylic acids is 1. The highest BCUT2D eigenvalue weighted by molar-refractivity contribution is 7.80. The van der Waals surface area contributed by atoms with Crippen molar-refractivity contribution in [1.29, 1.82) is 0 Å². The third-order valence-electron chi connectivity index (χ3n) is 12.3. The summed E-state index contributed by atoms with van der Waals surface area (Å²) in [6, 6.07) is -6.83. The molecule has 456 valence electrons. The summed E-state index contributed by atoms with van der Waals surface area (Å²) in [7, 11) is 0. The number of aromatic nitrogens is 1. The van der Waals surface area contributed by atoms with Crippen LogP contribution in [-0.4, -0.2) is 188 Å². The molecule has 0 bridgehead atoms. The fourth-order valence-corrected chi connectivity index (χ4v) is 8.51. The minimum atomic E-state index is -1.81. The van der Waals surface area contributed by atoms with Gasteiger partial charge in [0.05, 0.1) is 25.2 Å². The van der Waals surface area contributed by atoms with E-state index in [0.29, 0.717) is 22.9 Å². The zero-order valence-corrected chi connectivity index (χ0v) is 47.9. The van der Waals surface area contributed by atoms with Gasteiger partial charge in [-0.1, -0.05) is 32.0 Å². The predicted molar refractivity (Wildman–Crippen MR) is 301 cm³/mol. The summed E-state index contributed by atoms with van der Waals surface area (Å²) in [5, 5.41) is 54.8. The van der Waals surface area contributed by atoms with Gasteiger partial charge >= 0.3 is 5.97 Å². The van der Waals surface area contributed by atoms with Gasteiger partial charge in [0.1, 0.15) is 54.4 Å². The second-order valence-electron chi connectivity index (χ2n) is 19.7. The number of aromatic amines is 1. The number of unbranched alkanes of at least 4 members (excludes halogenated alkanes) is 1. The van der Waals surface area contributed by atoms with Crippen LogP contribution in [0, 0.1) is 5.92 Å². The van der Waals surface area contributed by atoms with Crippen molar-refractivity contribution in [2.24, 2.45) is 23.1 Å². The Balaban J connectivity index is 2.39. The van der Waals surface area contributed by atoms with Crippen LogP contribution in [0.3, 0.4) is 0 Å². The average Bonchev–Trinajstić information content (AvgIpc) is 3.96. The van der Waals surface area contributed by atoms with E-state index >= 15 is 0 Å². The van der Waals surface area contributed by atoms with Gasteiger partial charge < -0.3 is 90.7 Å². The molecule has 0 aliphatic heterocycles. The Hall–Kier alpha value is -7.55. The van der Waals surface area contributed by atoms with Gasteiger partial charge in [0, 0.05) is 48.4 Å². The summed E-state index contributed by atoms with van der Waals surface area (Å²) in [6.07, 6.45) is -3.48. The predicted octanol–water partition coefficient (Wildman–Crippen LogP) is -5.77. The Kier molecular flexibility index (Phi) is 30.4. The minimum Gasteiger partial charge on any atom is -0.481 e. The second kappa shape index (κ2) is 35.3. The van der Waals surface area contributed by atoms with E-state index in [0.717, 1.165) is 6.92 Å². The van der Waals surface area contributed by atoms with E-state index < -0.39 is 169 Å². The maximum Gasteiger partial charge on any atom is 0.303 e. The number of carboxylic acids is 1. The molecular weight excluding hydrogens is 1120 g/mol. The van der Waals surface area contributed by atoms with Gasteiger partial charge in [-0.2, -0.15) is 25.3 Å². The van der Waals surface area contributed by atoms with Crippen LogP contribution in [0.25, 0.3) is 10.9 Å². The van der Waals surface area contributed by atoms with Crippen LogP contribution in [-0.2, 0) is 68.7 Å². The number of rotatable bonds is 37. The summed E-state index contributed by atoms with van der Waals surface area (Å²) in [6.45, 7) is 6.08. The number of hydrogen-bond donors (Lipinski definition) is 19. The number of hydrogen-bond acceptors (Lipinski definition) is 18. The van der Waals surface area contributed by atoms with Gasteiger partial charge in [0.2, 0.25) is 70.9 Å². The van der Waals surface area contributed by atoms with Crippen LogP contribution in [0.4, 0.5) is 0 Å². The molecule has 0 saturated heterocycles. The molecule has 0 aliphatic carbocycles.